The lowest BCUT2D eigenvalue weighted by atomic mass is 10.0. The normalized spacial score (nSPS) is 13.8. The molecule has 3 rings (SSSR count). The van der Waals surface area contributed by atoms with Gasteiger partial charge in [-0.1, -0.05) is 86.5 Å². The molecule has 26 heavy (non-hydrogen) atoms. The van der Waals surface area contributed by atoms with Gasteiger partial charge in [-0.15, -0.1) is 0 Å². The van der Waals surface area contributed by atoms with Gasteiger partial charge in [-0.05, 0) is 23.6 Å². The second kappa shape index (κ2) is 11.6. The minimum absolute atomic E-state index is 0.176. The van der Waals surface area contributed by atoms with Gasteiger partial charge in [0.25, 0.3) is 0 Å². The lowest BCUT2D eigenvalue weighted by Crippen LogP contribution is -1.94. The summed E-state index contributed by atoms with van der Waals surface area (Å²) in [5.41, 5.74) is 3.92. The summed E-state index contributed by atoms with van der Waals surface area (Å²) in [6, 6.07) is 18.4. The first-order valence-electron chi connectivity index (χ1n) is 8.36. The van der Waals surface area contributed by atoms with E-state index in [4.69, 9.17) is 9.84 Å². The zero-order chi connectivity index (χ0) is 19.4. The molecule has 1 unspecified atom stereocenters. The Kier molecular flexibility index (Phi) is 9.44. The van der Waals surface area contributed by atoms with Crippen molar-refractivity contribution in [3.63, 3.8) is 0 Å². The average Bonchev–Trinajstić information content (AvgIpc) is 3.48. The molecule has 0 bridgehead atoms. The van der Waals surface area contributed by atoms with Crippen LogP contribution in [0.3, 0.4) is 0 Å². The van der Waals surface area contributed by atoms with Gasteiger partial charge in [-0.3, -0.25) is 0 Å². The lowest BCUT2D eigenvalue weighted by molar-refractivity contribution is -0.132. The van der Waals surface area contributed by atoms with Crippen molar-refractivity contribution in [3.8, 4) is 0 Å². The van der Waals surface area contributed by atoms with Crippen molar-refractivity contribution >= 4 is 18.1 Å². The highest BCUT2D eigenvalue weighted by Gasteiger charge is 2.22. The van der Waals surface area contributed by atoms with Crippen molar-refractivity contribution in [3.05, 3.63) is 96.6 Å². The number of rotatable bonds is 5. The number of carboxylic acids is 1. The number of ether oxygens (including phenoxy) is 1. The fraction of sp³-hybridized carbons (Fsp3) is 0.174. The molecule has 1 atom stereocenters. The van der Waals surface area contributed by atoms with Crippen LogP contribution in [0.15, 0.2) is 79.9 Å². The summed E-state index contributed by atoms with van der Waals surface area (Å²) < 4.78 is 5.18. The van der Waals surface area contributed by atoms with E-state index < -0.39 is 5.97 Å². The molecule has 0 amide bonds. The van der Waals surface area contributed by atoms with Crippen LogP contribution in [-0.2, 0) is 16.0 Å². The molecule has 0 radical (unpaired) electrons. The van der Waals surface area contributed by atoms with Crippen molar-refractivity contribution in [1.29, 1.82) is 0 Å². The van der Waals surface area contributed by atoms with Gasteiger partial charge in [0.2, 0.25) is 0 Å². The van der Waals surface area contributed by atoms with Crippen LogP contribution in [0, 0.1) is 0 Å². The molecule has 1 N–H and O–H groups in total. The monoisotopic (exact) mass is 350 g/mol. The fourth-order valence-electron chi connectivity index (χ4n) is 1.94. The van der Waals surface area contributed by atoms with Gasteiger partial charge in [-0.25, -0.2) is 4.79 Å². The number of hydrogen-bond donors (Lipinski definition) is 1. The fourth-order valence-corrected chi connectivity index (χ4v) is 1.94. The molecule has 1 aliphatic rings. The molecule has 3 nitrogen and oxygen atoms in total. The second-order valence-electron chi connectivity index (χ2n) is 5.76. The average molecular weight is 350 g/mol. The molecule has 0 spiro atoms. The predicted molar refractivity (Wildman–Crippen MR) is 109 cm³/mol. The van der Waals surface area contributed by atoms with E-state index >= 15 is 0 Å². The molecule has 0 saturated carbocycles. The van der Waals surface area contributed by atoms with Crippen LogP contribution in [0.25, 0.3) is 12.2 Å². The highest BCUT2D eigenvalue weighted by molar-refractivity contribution is 5.84. The van der Waals surface area contributed by atoms with Gasteiger partial charge >= 0.3 is 5.97 Å². The Labute approximate surface area is 156 Å². The van der Waals surface area contributed by atoms with Crippen molar-refractivity contribution in [2.45, 2.75) is 19.4 Å². The van der Waals surface area contributed by atoms with E-state index in [0.29, 0.717) is 6.10 Å². The summed E-state index contributed by atoms with van der Waals surface area (Å²) in [5.74, 6) is -0.935. The van der Waals surface area contributed by atoms with E-state index in [9.17, 15) is 4.79 Å². The van der Waals surface area contributed by atoms with Crippen LogP contribution < -0.4 is 0 Å². The first-order chi connectivity index (χ1) is 12.5. The van der Waals surface area contributed by atoms with Gasteiger partial charge in [-0.2, -0.15) is 0 Å². The highest BCUT2D eigenvalue weighted by Crippen LogP contribution is 2.19. The Morgan fingerprint density at radius 3 is 2.08 bits per heavy atom. The summed E-state index contributed by atoms with van der Waals surface area (Å²) in [5, 5.41) is 7.89. The minimum Gasteiger partial charge on any atom is -0.478 e. The molecule has 1 aliphatic heterocycles. The van der Waals surface area contributed by atoms with Crippen molar-refractivity contribution in [1.82, 2.24) is 0 Å². The van der Waals surface area contributed by atoms with E-state index in [1.165, 1.54) is 23.6 Å². The van der Waals surface area contributed by atoms with E-state index in [1.807, 2.05) is 48.6 Å². The lowest BCUT2D eigenvalue weighted by Gasteiger charge is -2.02. The zero-order valence-electron chi connectivity index (χ0n) is 15.2. The summed E-state index contributed by atoms with van der Waals surface area (Å²) in [4.78, 5) is 9.60. The molecule has 1 fully saturated rings. The number of carbonyl (C=O) groups is 1. The Balaban J connectivity index is 0.000000211. The van der Waals surface area contributed by atoms with Crippen LogP contribution >= 0.6 is 0 Å². The molecule has 136 valence electrons. The Bertz CT molecular complexity index is 716. The minimum atomic E-state index is -0.935. The van der Waals surface area contributed by atoms with E-state index in [1.54, 1.807) is 0 Å². The van der Waals surface area contributed by atoms with Gasteiger partial charge in [0.15, 0.2) is 0 Å². The SMILES string of the molecule is C=C(C)C(=O)O.C=Cc1ccccc1.C=Cc1ccccc1CC1CO1. The molecular formula is C23H26O3. The second-order valence-corrected chi connectivity index (χ2v) is 5.76. The number of epoxide rings is 1. The number of aliphatic carboxylic acids is 1. The molecule has 0 aliphatic carbocycles. The van der Waals surface area contributed by atoms with Gasteiger partial charge in [0.05, 0.1) is 12.7 Å². The van der Waals surface area contributed by atoms with Crippen molar-refractivity contribution < 1.29 is 14.6 Å². The van der Waals surface area contributed by atoms with Crippen LogP contribution in [0.1, 0.15) is 23.6 Å². The maximum atomic E-state index is 9.60. The van der Waals surface area contributed by atoms with Gasteiger partial charge < -0.3 is 9.84 Å². The molecule has 0 aromatic heterocycles. The van der Waals surface area contributed by atoms with Crippen LogP contribution in [0.5, 0.6) is 0 Å². The zero-order valence-corrected chi connectivity index (χ0v) is 15.2. The summed E-state index contributed by atoms with van der Waals surface area (Å²) >= 11 is 0. The van der Waals surface area contributed by atoms with Crippen LogP contribution in [0.4, 0.5) is 0 Å². The largest absolute Gasteiger partial charge is 0.478 e. The quantitative estimate of drug-likeness (QED) is 0.592. The van der Waals surface area contributed by atoms with Crippen LogP contribution in [0.2, 0.25) is 0 Å². The van der Waals surface area contributed by atoms with E-state index in [2.05, 4.69) is 37.9 Å². The number of benzene rings is 2. The molecule has 1 saturated heterocycles. The van der Waals surface area contributed by atoms with Crippen molar-refractivity contribution in [2.24, 2.45) is 0 Å². The molecule has 2 aromatic carbocycles. The summed E-state index contributed by atoms with van der Waals surface area (Å²) in [6.45, 7) is 12.9. The third kappa shape index (κ3) is 8.81. The Morgan fingerprint density at radius 1 is 1.12 bits per heavy atom. The standard InChI is InChI=1S/C11H12O.C8H8.C4H6O2/c1-2-9-5-3-4-6-10(9)7-11-8-12-11;1-2-8-6-4-3-5-7-8;1-3(2)4(5)6/h2-6,11H,1,7-8H2;2-7H,1H2;1H2,2H3,(H,5,6). The van der Waals surface area contributed by atoms with Crippen molar-refractivity contribution in [2.75, 3.05) is 6.61 Å². The first kappa shape index (κ1) is 21.1. The van der Waals surface area contributed by atoms with Gasteiger partial charge in [0.1, 0.15) is 0 Å². The topological polar surface area (TPSA) is 49.8 Å². The Hall–Kier alpha value is -2.91. The summed E-state index contributed by atoms with van der Waals surface area (Å²) in [7, 11) is 0. The third-order valence-corrected chi connectivity index (χ3v) is 3.53. The molecule has 2 aromatic rings. The first-order valence-corrected chi connectivity index (χ1v) is 8.36. The maximum Gasteiger partial charge on any atom is 0.330 e. The maximum absolute atomic E-state index is 9.60. The smallest absolute Gasteiger partial charge is 0.330 e. The van der Waals surface area contributed by atoms with Gasteiger partial charge in [0, 0.05) is 12.0 Å². The summed E-state index contributed by atoms with van der Waals surface area (Å²) in [6.07, 6.45) is 5.23. The molecule has 3 heteroatoms. The predicted octanol–water partition coefficient (Wildman–Crippen LogP) is 5.25. The number of carboxylic acid groups (broad SMARTS) is 1. The third-order valence-electron chi connectivity index (χ3n) is 3.53. The number of hydrogen-bond acceptors (Lipinski definition) is 2. The Morgan fingerprint density at radius 2 is 1.65 bits per heavy atom. The molecule has 1 heterocycles. The molecular weight excluding hydrogens is 324 g/mol. The van der Waals surface area contributed by atoms with Crippen LogP contribution in [-0.4, -0.2) is 23.8 Å². The highest BCUT2D eigenvalue weighted by atomic mass is 16.6. The van der Waals surface area contributed by atoms with E-state index in [0.717, 1.165) is 13.0 Å². The van der Waals surface area contributed by atoms with E-state index in [-0.39, 0.29) is 5.57 Å².